The van der Waals surface area contributed by atoms with E-state index in [1.165, 1.54) is 6.92 Å². The maximum absolute atomic E-state index is 11.0. The molecule has 0 aliphatic carbocycles. The van der Waals surface area contributed by atoms with Crippen LogP contribution in [0.1, 0.15) is 12.5 Å². The number of carbonyl (C=O) groups is 1. The van der Waals surface area contributed by atoms with Crippen LogP contribution in [0.15, 0.2) is 28.9 Å². The second-order valence-electron chi connectivity index (χ2n) is 3.46. The Balaban J connectivity index is 2.45. The predicted octanol–water partition coefficient (Wildman–Crippen LogP) is 2.00. The van der Waals surface area contributed by atoms with E-state index in [2.05, 4.69) is 20.3 Å². The van der Waals surface area contributed by atoms with Gasteiger partial charge in [-0.2, -0.15) is 0 Å². The molecule has 1 heterocycles. The molecule has 2 aromatic rings. The molecule has 0 atom stereocenters. The summed E-state index contributed by atoms with van der Waals surface area (Å²) in [5, 5.41) is 10.0. The molecule has 0 fully saturated rings. The van der Waals surface area contributed by atoms with Gasteiger partial charge in [-0.25, -0.2) is 4.63 Å². The Kier molecular flexibility index (Phi) is 2.68. The Morgan fingerprint density at radius 1 is 1.31 bits per heavy atom. The van der Waals surface area contributed by atoms with Crippen molar-refractivity contribution >= 4 is 11.7 Å². The molecule has 5 heteroatoms. The number of aromatic nitrogens is 2. The second-order valence-corrected chi connectivity index (χ2v) is 3.46. The molecular weight excluding hydrogens is 206 g/mol. The summed E-state index contributed by atoms with van der Waals surface area (Å²) in [5.41, 5.74) is 2.49. The van der Waals surface area contributed by atoms with Gasteiger partial charge in [-0.15, -0.1) is 0 Å². The quantitative estimate of drug-likeness (QED) is 0.835. The fourth-order valence-electron chi connectivity index (χ4n) is 1.45. The van der Waals surface area contributed by atoms with Crippen LogP contribution in [0, 0.1) is 6.92 Å². The molecule has 82 valence electrons. The van der Waals surface area contributed by atoms with Crippen LogP contribution >= 0.6 is 0 Å². The number of nitrogens with one attached hydrogen (secondary N) is 1. The van der Waals surface area contributed by atoms with Crippen molar-refractivity contribution in [2.24, 2.45) is 0 Å². The third kappa shape index (κ3) is 1.93. The zero-order valence-electron chi connectivity index (χ0n) is 9.02. The Morgan fingerprint density at radius 2 is 2.06 bits per heavy atom. The minimum Gasteiger partial charge on any atom is -0.306 e. The summed E-state index contributed by atoms with van der Waals surface area (Å²) >= 11 is 0. The molecular formula is C11H11N3O2. The van der Waals surface area contributed by atoms with Crippen LogP contribution in [0.4, 0.5) is 5.82 Å². The summed E-state index contributed by atoms with van der Waals surface area (Å²) in [6.07, 6.45) is 0. The van der Waals surface area contributed by atoms with Crippen molar-refractivity contribution in [2.45, 2.75) is 13.8 Å². The van der Waals surface area contributed by atoms with Gasteiger partial charge in [-0.1, -0.05) is 24.3 Å². The molecule has 1 N–H and O–H groups in total. The van der Waals surface area contributed by atoms with E-state index in [-0.39, 0.29) is 5.91 Å². The minimum absolute atomic E-state index is 0.203. The van der Waals surface area contributed by atoms with E-state index < -0.39 is 0 Å². The molecule has 0 aliphatic heterocycles. The molecule has 16 heavy (non-hydrogen) atoms. The molecule has 2 rings (SSSR count). The first-order valence-electron chi connectivity index (χ1n) is 4.84. The fraction of sp³-hybridized carbons (Fsp3) is 0.182. The summed E-state index contributed by atoms with van der Waals surface area (Å²) in [4.78, 5) is 11.0. The van der Waals surface area contributed by atoms with Crippen LogP contribution in [0.3, 0.4) is 0 Å². The molecule has 0 saturated carbocycles. The molecule has 1 amide bonds. The zero-order chi connectivity index (χ0) is 11.5. The Labute approximate surface area is 92.4 Å². The lowest BCUT2D eigenvalue weighted by molar-refractivity contribution is -0.114. The first-order valence-corrected chi connectivity index (χ1v) is 4.84. The van der Waals surface area contributed by atoms with Crippen LogP contribution in [0.25, 0.3) is 11.3 Å². The van der Waals surface area contributed by atoms with Crippen molar-refractivity contribution in [1.82, 2.24) is 10.3 Å². The van der Waals surface area contributed by atoms with Crippen LogP contribution < -0.4 is 5.32 Å². The SMILES string of the molecule is CC(=O)Nc1nonc1-c1ccccc1C. The van der Waals surface area contributed by atoms with E-state index in [0.717, 1.165) is 11.1 Å². The molecule has 0 radical (unpaired) electrons. The highest BCUT2D eigenvalue weighted by atomic mass is 16.6. The Morgan fingerprint density at radius 3 is 2.75 bits per heavy atom. The van der Waals surface area contributed by atoms with Gasteiger partial charge in [0.15, 0.2) is 5.69 Å². The van der Waals surface area contributed by atoms with E-state index in [1.807, 2.05) is 31.2 Å². The number of hydrogen-bond donors (Lipinski definition) is 1. The Hall–Kier alpha value is -2.17. The van der Waals surface area contributed by atoms with E-state index >= 15 is 0 Å². The molecule has 0 spiro atoms. The first-order chi connectivity index (χ1) is 7.68. The van der Waals surface area contributed by atoms with E-state index in [0.29, 0.717) is 11.5 Å². The highest BCUT2D eigenvalue weighted by molar-refractivity contribution is 5.91. The number of hydrogen-bond acceptors (Lipinski definition) is 4. The number of benzene rings is 1. The fourth-order valence-corrected chi connectivity index (χ4v) is 1.45. The Bertz CT molecular complexity index is 519. The monoisotopic (exact) mass is 217 g/mol. The number of anilines is 1. The predicted molar refractivity (Wildman–Crippen MR) is 58.8 cm³/mol. The van der Waals surface area contributed by atoms with Crippen LogP contribution in [0.5, 0.6) is 0 Å². The normalized spacial score (nSPS) is 10.1. The number of amides is 1. The molecule has 0 unspecified atom stereocenters. The summed E-state index contributed by atoms with van der Waals surface area (Å²) in [7, 11) is 0. The average molecular weight is 217 g/mol. The van der Waals surface area contributed by atoms with Crippen LogP contribution in [-0.2, 0) is 4.79 Å². The summed E-state index contributed by atoms with van der Waals surface area (Å²) in [5.74, 6) is 0.146. The average Bonchev–Trinajstić information content (AvgIpc) is 2.66. The van der Waals surface area contributed by atoms with E-state index in [4.69, 9.17) is 0 Å². The molecule has 0 aliphatic rings. The third-order valence-electron chi connectivity index (χ3n) is 2.18. The first kappa shape index (κ1) is 10.4. The molecule has 0 bridgehead atoms. The van der Waals surface area contributed by atoms with Crippen molar-refractivity contribution < 1.29 is 9.42 Å². The minimum atomic E-state index is -0.203. The highest BCUT2D eigenvalue weighted by Crippen LogP contribution is 2.26. The maximum atomic E-state index is 11.0. The highest BCUT2D eigenvalue weighted by Gasteiger charge is 2.14. The molecule has 5 nitrogen and oxygen atoms in total. The molecule has 1 aromatic carbocycles. The van der Waals surface area contributed by atoms with Crippen molar-refractivity contribution in [3.05, 3.63) is 29.8 Å². The van der Waals surface area contributed by atoms with Crippen LogP contribution in [-0.4, -0.2) is 16.2 Å². The summed E-state index contributed by atoms with van der Waals surface area (Å²) in [6.45, 7) is 3.37. The lowest BCUT2D eigenvalue weighted by Crippen LogP contribution is -2.07. The van der Waals surface area contributed by atoms with Crippen molar-refractivity contribution in [1.29, 1.82) is 0 Å². The largest absolute Gasteiger partial charge is 0.306 e. The van der Waals surface area contributed by atoms with E-state index in [1.54, 1.807) is 0 Å². The van der Waals surface area contributed by atoms with Crippen LogP contribution in [0.2, 0.25) is 0 Å². The smallest absolute Gasteiger partial charge is 0.222 e. The van der Waals surface area contributed by atoms with Gasteiger partial charge < -0.3 is 5.32 Å². The zero-order valence-corrected chi connectivity index (χ0v) is 9.02. The summed E-state index contributed by atoms with van der Waals surface area (Å²) in [6, 6.07) is 7.70. The van der Waals surface area contributed by atoms with Gasteiger partial charge in [0, 0.05) is 12.5 Å². The lowest BCUT2D eigenvalue weighted by Gasteiger charge is -2.02. The molecule has 0 saturated heterocycles. The number of rotatable bonds is 2. The maximum Gasteiger partial charge on any atom is 0.222 e. The third-order valence-corrected chi connectivity index (χ3v) is 2.18. The van der Waals surface area contributed by atoms with Gasteiger partial charge in [0.05, 0.1) is 0 Å². The van der Waals surface area contributed by atoms with Gasteiger partial charge in [0.2, 0.25) is 11.7 Å². The topological polar surface area (TPSA) is 68.0 Å². The van der Waals surface area contributed by atoms with Gasteiger partial charge in [-0.05, 0) is 22.8 Å². The number of nitrogens with zero attached hydrogens (tertiary/aromatic N) is 2. The van der Waals surface area contributed by atoms with Gasteiger partial charge in [0.25, 0.3) is 0 Å². The summed E-state index contributed by atoms with van der Waals surface area (Å²) < 4.78 is 4.64. The standard InChI is InChI=1S/C11H11N3O2/c1-7-5-3-4-6-9(7)10-11(12-8(2)15)14-16-13-10/h3-6H,1-2H3,(H,12,14,15). The van der Waals surface area contributed by atoms with Crippen molar-refractivity contribution in [3.8, 4) is 11.3 Å². The van der Waals surface area contributed by atoms with Crippen molar-refractivity contribution in [3.63, 3.8) is 0 Å². The van der Waals surface area contributed by atoms with Gasteiger partial charge in [-0.3, -0.25) is 4.79 Å². The van der Waals surface area contributed by atoms with Crippen molar-refractivity contribution in [2.75, 3.05) is 5.32 Å². The van der Waals surface area contributed by atoms with Gasteiger partial charge in [0.1, 0.15) is 0 Å². The van der Waals surface area contributed by atoms with Gasteiger partial charge >= 0.3 is 0 Å². The lowest BCUT2D eigenvalue weighted by atomic mass is 10.1. The van der Waals surface area contributed by atoms with E-state index in [9.17, 15) is 4.79 Å². The second kappa shape index (κ2) is 4.14. The number of aryl methyl sites for hydroxylation is 1. The molecule has 1 aromatic heterocycles. The number of carbonyl (C=O) groups excluding carboxylic acids is 1.